The summed E-state index contributed by atoms with van der Waals surface area (Å²) in [7, 11) is 0. The third-order valence-corrected chi connectivity index (χ3v) is 2.36. The van der Waals surface area contributed by atoms with Crippen LogP contribution in [-0.4, -0.2) is 41.0 Å². The Labute approximate surface area is 110 Å². The summed E-state index contributed by atoms with van der Waals surface area (Å²) < 4.78 is 9.71. The largest absolute Gasteiger partial charge is 0.464 e. The monoisotopic (exact) mass is 268 g/mol. The normalized spacial score (nSPS) is 15.2. The molecule has 0 fully saturated rings. The second-order valence-electron chi connectivity index (χ2n) is 4.00. The van der Waals surface area contributed by atoms with Crippen molar-refractivity contribution in [2.75, 3.05) is 6.61 Å². The molecule has 6 nitrogen and oxygen atoms in total. The number of aliphatic hydroxyl groups excluding tert-OH is 1. The molecule has 104 valence electrons. The quantitative estimate of drug-likeness (QED) is 0.443. The zero-order chi connectivity index (χ0) is 14.5. The molecule has 1 aromatic rings. The maximum atomic E-state index is 11.3. The highest BCUT2D eigenvalue weighted by Crippen LogP contribution is 2.20. The van der Waals surface area contributed by atoms with Gasteiger partial charge in [0, 0.05) is 12.5 Å². The summed E-state index contributed by atoms with van der Waals surface area (Å²) in [5.41, 5.74) is 0.443. The Morgan fingerprint density at radius 3 is 2.47 bits per heavy atom. The lowest BCUT2D eigenvalue weighted by molar-refractivity contribution is -0.209. The molecular formula is C13H16O6. The van der Waals surface area contributed by atoms with Crippen LogP contribution in [0.3, 0.4) is 0 Å². The number of benzene rings is 1. The SMILES string of the molecule is CCOC(=O)C(O)C(C)(O)Oc1ccc(C=O)cc1. The van der Waals surface area contributed by atoms with Gasteiger partial charge in [0.05, 0.1) is 6.61 Å². The molecular weight excluding hydrogens is 252 g/mol. The highest BCUT2D eigenvalue weighted by atomic mass is 16.6. The predicted molar refractivity (Wildman–Crippen MR) is 65.7 cm³/mol. The van der Waals surface area contributed by atoms with Crippen LogP contribution in [0, 0.1) is 0 Å². The van der Waals surface area contributed by atoms with E-state index in [0.717, 1.165) is 6.92 Å². The maximum Gasteiger partial charge on any atom is 0.341 e. The van der Waals surface area contributed by atoms with Gasteiger partial charge in [-0.05, 0) is 31.2 Å². The van der Waals surface area contributed by atoms with Crippen LogP contribution < -0.4 is 4.74 Å². The smallest absolute Gasteiger partial charge is 0.341 e. The molecule has 0 amide bonds. The van der Waals surface area contributed by atoms with Gasteiger partial charge in [0.25, 0.3) is 0 Å². The molecule has 2 N–H and O–H groups in total. The van der Waals surface area contributed by atoms with E-state index in [1.54, 1.807) is 6.92 Å². The van der Waals surface area contributed by atoms with Gasteiger partial charge in [-0.25, -0.2) is 4.79 Å². The number of ether oxygens (including phenoxy) is 2. The second kappa shape index (κ2) is 6.31. The zero-order valence-electron chi connectivity index (χ0n) is 10.7. The Morgan fingerprint density at radius 2 is 2.00 bits per heavy atom. The predicted octanol–water partition coefficient (Wildman–Crippen LogP) is 0.510. The van der Waals surface area contributed by atoms with Crippen LogP contribution in [0.25, 0.3) is 0 Å². The van der Waals surface area contributed by atoms with E-state index in [-0.39, 0.29) is 12.4 Å². The van der Waals surface area contributed by atoms with Crippen LogP contribution in [-0.2, 0) is 9.53 Å². The van der Waals surface area contributed by atoms with Gasteiger partial charge >= 0.3 is 5.97 Å². The van der Waals surface area contributed by atoms with E-state index in [0.29, 0.717) is 11.8 Å². The van der Waals surface area contributed by atoms with E-state index in [4.69, 9.17) is 4.74 Å². The van der Waals surface area contributed by atoms with Gasteiger partial charge in [-0.15, -0.1) is 0 Å². The van der Waals surface area contributed by atoms with Gasteiger partial charge in [-0.2, -0.15) is 0 Å². The van der Waals surface area contributed by atoms with Crippen LogP contribution in [0.5, 0.6) is 5.75 Å². The van der Waals surface area contributed by atoms with Crippen molar-refractivity contribution in [2.45, 2.75) is 25.7 Å². The lowest BCUT2D eigenvalue weighted by Crippen LogP contribution is -2.49. The van der Waals surface area contributed by atoms with Crippen molar-refractivity contribution < 1.29 is 29.3 Å². The Balaban J connectivity index is 2.76. The molecule has 2 atom stereocenters. The third-order valence-electron chi connectivity index (χ3n) is 2.36. The number of aldehydes is 1. The number of hydrogen-bond donors (Lipinski definition) is 2. The molecule has 0 aromatic heterocycles. The molecule has 1 rings (SSSR count). The fourth-order valence-corrected chi connectivity index (χ4v) is 1.35. The minimum Gasteiger partial charge on any atom is -0.464 e. The van der Waals surface area contributed by atoms with Crippen LogP contribution in [0.2, 0.25) is 0 Å². The molecule has 0 aliphatic rings. The van der Waals surface area contributed by atoms with E-state index >= 15 is 0 Å². The standard InChI is InChI=1S/C13H16O6/c1-3-18-12(16)11(15)13(2,17)19-10-6-4-9(8-14)5-7-10/h4-8,11,15,17H,3H2,1-2H3. The average molecular weight is 268 g/mol. The lowest BCUT2D eigenvalue weighted by atomic mass is 10.1. The van der Waals surface area contributed by atoms with Crippen molar-refractivity contribution in [2.24, 2.45) is 0 Å². The van der Waals surface area contributed by atoms with Crippen LogP contribution in [0.4, 0.5) is 0 Å². The first-order valence-corrected chi connectivity index (χ1v) is 5.72. The van der Waals surface area contributed by atoms with E-state index < -0.39 is 17.9 Å². The molecule has 1 aromatic carbocycles. The maximum absolute atomic E-state index is 11.3. The summed E-state index contributed by atoms with van der Waals surface area (Å²) in [5, 5.41) is 19.6. The van der Waals surface area contributed by atoms with E-state index in [2.05, 4.69) is 4.74 Å². The number of aliphatic hydroxyl groups is 2. The van der Waals surface area contributed by atoms with Crippen molar-refractivity contribution >= 4 is 12.3 Å². The van der Waals surface area contributed by atoms with Gasteiger partial charge in [0.15, 0.2) is 0 Å². The van der Waals surface area contributed by atoms with E-state index in [9.17, 15) is 19.8 Å². The van der Waals surface area contributed by atoms with Crippen molar-refractivity contribution in [1.29, 1.82) is 0 Å². The summed E-state index contributed by atoms with van der Waals surface area (Å²) in [6.45, 7) is 2.81. The summed E-state index contributed by atoms with van der Waals surface area (Å²) in [6, 6.07) is 5.84. The molecule has 0 radical (unpaired) electrons. The first-order chi connectivity index (χ1) is 8.90. The molecule has 2 unspecified atom stereocenters. The number of carbonyl (C=O) groups excluding carboxylic acids is 2. The Kier molecular flexibility index (Phi) is 5.02. The summed E-state index contributed by atoms with van der Waals surface area (Å²) in [5.74, 6) is -2.90. The van der Waals surface area contributed by atoms with Gasteiger partial charge in [0.1, 0.15) is 12.0 Å². The lowest BCUT2D eigenvalue weighted by Gasteiger charge is -2.28. The second-order valence-corrected chi connectivity index (χ2v) is 4.00. The molecule has 0 spiro atoms. The summed E-state index contributed by atoms with van der Waals surface area (Å²) >= 11 is 0. The van der Waals surface area contributed by atoms with Gasteiger partial charge in [-0.3, -0.25) is 4.79 Å². The number of carbonyl (C=O) groups is 2. The fraction of sp³-hybridized carbons (Fsp3) is 0.385. The van der Waals surface area contributed by atoms with Crippen molar-refractivity contribution in [3.05, 3.63) is 29.8 Å². The topological polar surface area (TPSA) is 93.1 Å². The van der Waals surface area contributed by atoms with Crippen molar-refractivity contribution in [3.63, 3.8) is 0 Å². The first kappa shape index (κ1) is 15.1. The molecule has 0 aliphatic heterocycles. The zero-order valence-corrected chi connectivity index (χ0v) is 10.7. The highest BCUT2D eigenvalue weighted by Gasteiger charge is 2.39. The molecule has 0 aliphatic carbocycles. The Hall–Kier alpha value is -1.92. The van der Waals surface area contributed by atoms with Crippen LogP contribution in [0.15, 0.2) is 24.3 Å². The number of hydrogen-bond acceptors (Lipinski definition) is 6. The molecule has 0 bridgehead atoms. The molecule has 19 heavy (non-hydrogen) atoms. The van der Waals surface area contributed by atoms with Gasteiger partial charge in [0.2, 0.25) is 11.9 Å². The summed E-state index contributed by atoms with van der Waals surface area (Å²) in [6.07, 6.45) is -1.17. The van der Waals surface area contributed by atoms with Crippen LogP contribution in [0.1, 0.15) is 24.2 Å². The minimum atomic E-state index is -2.13. The van der Waals surface area contributed by atoms with Crippen molar-refractivity contribution in [1.82, 2.24) is 0 Å². The highest BCUT2D eigenvalue weighted by molar-refractivity contribution is 5.76. The van der Waals surface area contributed by atoms with E-state index in [1.807, 2.05) is 0 Å². The third kappa shape index (κ3) is 4.04. The van der Waals surface area contributed by atoms with Gasteiger partial charge in [-0.1, -0.05) is 0 Å². The molecule has 6 heteroatoms. The fourth-order valence-electron chi connectivity index (χ4n) is 1.35. The van der Waals surface area contributed by atoms with E-state index in [1.165, 1.54) is 24.3 Å². The Bertz CT molecular complexity index is 437. The average Bonchev–Trinajstić information content (AvgIpc) is 2.38. The Morgan fingerprint density at radius 1 is 1.42 bits per heavy atom. The first-order valence-electron chi connectivity index (χ1n) is 5.72. The van der Waals surface area contributed by atoms with Crippen molar-refractivity contribution in [3.8, 4) is 5.75 Å². The molecule has 0 saturated carbocycles. The molecule has 0 saturated heterocycles. The molecule has 0 heterocycles. The number of esters is 1. The number of rotatable bonds is 6. The van der Waals surface area contributed by atoms with Crippen LogP contribution >= 0.6 is 0 Å². The van der Waals surface area contributed by atoms with Gasteiger partial charge < -0.3 is 19.7 Å². The minimum absolute atomic E-state index is 0.0833. The summed E-state index contributed by atoms with van der Waals surface area (Å²) in [4.78, 5) is 21.8.